The van der Waals surface area contributed by atoms with Gasteiger partial charge in [-0.25, -0.2) is 4.79 Å². The molecule has 4 heteroatoms. The zero-order chi connectivity index (χ0) is 16.2. The SMILES string of the molecule is O=C(COC(=O)c1cccc(O)c1)c1ccc2ccccc2c1. The Hall–Kier alpha value is -3.14. The molecule has 0 heterocycles. The van der Waals surface area contributed by atoms with E-state index in [9.17, 15) is 14.7 Å². The third kappa shape index (κ3) is 3.37. The maximum absolute atomic E-state index is 12.2. The lowest BCUT2D eigenvalue weighted by Gasteiger charge is -2.06. The smallest absolute Gasteiger partial charge is 0.338 e. The molecule has 0 saturated heterocycles. The van der Waals surface area contributed by atoms with Crippen molar-refractivity contribution in [3.63, 3.8) is 0 Å². The second kappa shape index (κ2) is 6.32. The van der Waals surface area contributed by atoms with Crippen LogP contribution in [0.25, 0.3) is 10.8 Å². The molecule has 0 spiro atoms. The van der Waals surface area contributed by atoms with Crippen LogP contribution >= 0.6 is 0 Å². The van der Waals surface area contributed by atoms with Gasteiger partial charge < -0.3 is 9.84 Å². The summed E-state index contributed by atoms with van der Waals surface area (Å²) in [6.07, 6.45) is 0. The number of ether oxygens (including phenoxy) is 1. The average Bonchev–Trinajstić information content (AvgIpc) is 2.59. The minimum atomic E-state index is -0.643. The molecule has 0 fully saturated rings. The Morgan fingerprint density at radius 3 is 2.39 bits per heavy atom. The monoisotopic (exact) mass is 306 g/mol. The lowest BCUT2D eigenvalue weighted by Crippen LogP contribution is -2.14. The quantitative estimate of drug-likeness (QED) is 0.591. The molecule has 0 amide bonds. The number of hydrogen-bond acceptors (Lipinski definition) is 4. The zero-order valence-corrected chi connectivity index (χ0v) is 12.2. The van der Waals surface area contributed by atoms with Gasteiger partial charge in [0.1, 0.15) is 5.75 Å². The van der Waals surface area contributed by atoms with Crippen LogP contribution in [0.1, 0.15) is 20.7 Å². The van der Waals surface area contributed by atoms with Gasteiger partial charge in [0.2, 0.25) is 0 Å². The number of carbonyl (C=O) groups is 2. The molecule has 0 aliphatic heterocycles. The van der Waals surface area contributed by atoms with Gasteiger partial charge in [-0.3, -0.25) is 4.79 Å². The molecule has 0 radical (unpaired) electrons. The predicted molar refractivity (Wildman–Crippen MR) is 86.7 cm³/mol. The fourth-order valence-electron chi connectivity index (χ4n) is 2.29. The molecule has 3 aromatic rings. The van der Waals surface area contributed by atoms with E-state index in [0.29, 0.717) is 5.56 Å². The van der Waals surface area contributed by atoms with E-state index in [-0.39, 0.29) is 23.7 Å². The minimum Gasteiger partial charge on any atom is -0.508 e. The first-order valence-corrected chi connectivity index (χ1v) is 7.11. The number of rotatable bonds is 4. The lowest BCUT2D eigenvalue weighted by atomic mass is 10.0. The standard InChI is InChI=1S/C19H14O4/c20-17-7-3-6-16(11-17)19(22)23-12-18(21)15-9-8-13-4-1-2-5-14(13)10-15/h1-11,20H,12H2. The highest BCUT2D eigenvalue weighted by Crippen LogP contribution is 2.16. The van der Waals surface area contributed by atoms with Crippen LogP contribution < -0.4 is 0 Å². The third-order valence-electron chi connectivity index (χ3n) is 3.49. The number of aromatic hydroxyl groups is 1. The second-order valence-corrected chi connectivity index (χ2v) is 5.11. The first kappa shape index (κ1) is 14.8. The molecule has 3 rings (SSSR count). The molecule has 0 saturated carbocycles. The minimum absolute atomic E-state index is 0.0275. The van der Waals surface area contributed by atoms with Crippen LogP contribution in [0, 0.1) is 0 Å². The Balaban J connectivity index is 1.69. The van der Waals surface area contributed by atoms with E-state index in [4.69, 9.17) is 4.74 Å². The van der Waals surface area contributed by atoms with Crippen LogP contribution in [-0.2, 0) is 4.74 Å². The van der Waals surface area contributed by atoms with Crippen LogP contribution in [0.5, 0.6) is 5.75 Å². The van der Waals surface area contributed by atoms with Crippen molar-refractivity contribution in [3.05, 3.63) is 77.9 Å². The van der Waals surface area contributed by atoms with Gasteiger partial charge in [-0.1, -0.05) is 42.5 Å². The van der Waals surface area contributed by atoms with Gasteiger partial charge in [0.25, 0.3) is 0 Å². The largest absolute Gasteiger partial charge is 0.508 e. The summed E-state index contributed by atoms with van der Waals surface area (Å²) in [6.45, 7) is -0.340. The van der Waals surface area contributed by atoms with Crippen molar-refractivity contribution in [2.45, 2.75) is 0 Å². The Bertz CT molecular complexity index is 883. The molecule has 0 aromatic heterocycles. The summed E-state index contributed by atoms with van der Waals surface area (Å²) in [6, 6.07) is 18.9. The molecule has 0 bridgehead atoms. The van der Waals surface area contributed by atoms with Crippen LogP contribution in [0.15, 0.2) is 66.7 Å². The number of phenols is 1. The summed E-state index contributed by atoms with van der Waals surface area (Å²) in [4.78, 5) is 24.0. The Morgan fingerprint density at radius 2 is 1.61 bits per heavy atom. The van der Waals surface area contributed by atoms with Crippen molar-refractivity contribution in [1.29, 1.82) is 0 Å². The van der Waals surface area contributed by atoms with Crippen molar-refractivity contribution in [3.8, 4) is 5.75 Å². The Kier molecular flexibility index (Phi) is 4.06. The maximum atomic E-state index is 12.2. The molecule has 1 N–H and O–H groups in total. The average molecular weight is 306 g/mol. The highest BCUT2D eigenvalue weighted by molar-refractivity contribution is 6.02. The van der Waals surface area contributed by atoms with E-state index >= 15 is 0 Å². The lowest BCUT2D eigenvalue weighted by molar-refractivity contribution is 0.0474. The molecular formula is C19H14O4. The van der Waals surface area contributed by atoms with Gasteiger partial charge in [0.15, 0.2) is 12.4 Å². The van der Waals surface area contributed by atoms with E-state index in [0.717, 1.165) is 10.8 Å². The van der Waals surface area contributed by atoms with Gasteiger partial charge >= 0.3 is 5.97 Å². The van der Waals surface area contributed by atoms with Crippen molar-refractivity contribution in [2.24, 2.45) is 0 Å². The summed E-state index contributed by atoms with van der Waals surface area (Å²) in [5.74, 6) is -0.945. The van der Waals surface area contributed by atoms with E-state index in [1.54, 1.807) is 12.1 Å². The van der Waals surface area contributed by atoms with Gasteiger partial charge in [0.05, 0.1) is 5.56 Å². The Labute approximate surface area is 132 Å². The second-order valence-electron chi connectivity index (χ2n) is 5.11. The summed E-state index contributed by atoms with van der Waals surface area (Å²) < 4.78 is 5.01. The number of benzene rings is 3. The maximum Gasteiger partial charge on any atom is 0.338 e. The predicted octanol–water partition coefficient (Wildman–Crippen LogP) is 3.59. The molecule has 23 heavy (non-hydrogen) atoms. The molecule has 3 aromatic carbocycles. The highest BCUT2D eigenvalue weighted by atomic mass is 16.5. The first-order valence-electron chi connectivity index (χ1n) is 7.11. The third-order valence-corrected chi connectivity index (χ3v) is 3.49. The van der Waals surface area contributed by atoms with Crippen molar-refractivity contribution in [1.82, 2.24) is 0 Å². The summed E-state index contributed by atoms with van der Waals surface area (Å²) in [7, 11) is 0. The van der Waals surface area contributed by atoms with Crippen molar-refractivity contribution < 1.29 is 19.4 Å². The number of hydrogen-bond donors (Lipinski definition) is 1. The van der Waals surface area contributed by atoms with Crippen LogP contribution in [0.2, 0.25) is 0 Å². The number of esters is 1. The summed E-state index contributed by atoms with van der Waals surface area (Å²) in [5, 5.41) is 11.3. The van der Waals surface area contributed by atoms with E-state index in [2.05, 4.69) is 0 Å². The van der Waals surface area contributed by atoms with E-state index < -0.39 is 5.97 Å². The first-order chi connectivity index (χ1) is 11.1. The van der Waals surface area contributed by atoms with Gasteiger partial charge in [-0.2, -0.15) is 0 Å². The highest BCUT2D eigenvalue weighted by Gasteiger charge is 2.12. The van der Waals surface area contributed by atoms with E-state index in [1.807, 2.05) is 30.3 Å². The number of ketones is 1. The van der Waals surface area contributed by atoms with Gasteiger partial charge in [-0.15, -0.1) is 0 Å². The molecule has 4 nitrogen and oxygen atoms in total. The van der Waals surface area contributed by atoms with Crippen molar-refractivity contribution >= 4 is 22.5 Å². The zero-order valence-electron chi connectivity index (χ0n) is 12.2. The molecule has 0 atom stereocenters. The van der Waals surface area contributed by atoms with Gasteiger partial charge in [-0.05, 0) is 35.0 Å². The number of phenolic OH excluding ortho intramolecular Hbond substituents is 1. The summed E-state index contributed by atoms with van der Waals surface area (Å²) >= 11 is 0. The fourth-order valence-corrected chi connectivity index (χ4v) is 2.29. The summed E-state index contributed by atoms with van der Waals surface area (Å²) in [5.41, 5.74) is 0.698. The Morgan fingerprint density at radius 1 is 0.826 bits per heavy atom. The normalized spacial score (nSPS) is 10.4. The van der Waals surface area contributed by atoms with Crippen LogP contribution in [-0.4, -0.2) is 23.5 Å². The number of fused-ring (bicyclic) bond motifs is 1. The molecule has 0 aliphatic rings. The van der Waals surface area contributed by atoms with Crippen LogP contribution in [0.3, 0.4) is 0 Å². The van der Waals surface area contributed by atoms with Crippen LogP contribution in [0.4, 0.5) is 0 Å². The number of Topliss-reactive ketones (excluding diaryl/α,β-unsaturated/α-hetero) is 1. The van der Waals surface area contributed by atoms with Crippen molar-refractivity contribution in [2.75, 3.05) is 6.61 Å². The topological polar surface area (TPSA) is 63.6 Å². The molecule has 114 valence electrons. The number of carbonyl (C=O) groups excluding carboxylic acids is 2. The molecule has 0 aliphatic carbocycles. The molecular weight excluding hydrogens is 292 g/mol. The fraction of sp³-hybridized carbons (Fsp3) is 0.0526. The van der Waals surface area contributed by atoms with E-state index in [1.165, 1.54) is 24.3 Å². The molecule has 0 unspecified atom stereocenters. The van der Waals surface area contributed by atoms with Gasteiger partial charge in [0, 0.05) is 5.56 Å².